The third kappa shape index (κ3) is 2.18. The lowest BCUT2D eigenvalue weighted by molar-refractivity contribution is -0.145. The van der Waals surface area contributed by atoms with Gasteiger partial charge in [0.2, 0.25) is 5.91 Å². The average Bonchev–Trinajstić information content (AvgIpc) is 2.93. The Balaban J connectivity index is 1.31. The summed E-state index contributed by atoms with van der Waals surface area (Å²) in [6.45, 7) is 0.571. The van der Waals surface area contributed by atoms with Crippen molar-refractivity contribution >= 4 is 11.9 Å². The van der Waals surface area contributed by atoms with Crippen molar-refractivity contribution < 1.29 is 14.7 Å². The second-order valence-corrected chi connectivity index (χ2v) is 7.75. The van der Waals surface area contributed by atoms with Gasteiger partial charge in [-0.15, -0.1) is 0 Å². The lowest BCUT2D eigenvalue weighted by atomic mass is 9.79. The maximum atomic E-state index is 12.4. The van der Waals surface area contributed by atoms with Gasteiger partial charge in [0.05, 0.1) is 5.92 Å². The van der Waals surface area contributed by atoms with E-state index in [2.05, 4.69) is 5.32 Å². The van der Waals surface area contributed by atoms with E-state index in [1.54, 1.807) is 0 Å². The zero-order valence-corrected chi connectivity index (χ0v) is 12.5. The Morgan fingerprint density at radius 1 is 1.00 bits per heavy atom. The van der Waals surface area contributed by atoms with Crippen LogP contribution in [0.5, 0.6) is 0 Å². The standard InChI is InChI=1S/C17H25NO3/c19-16(15-13-9-5-6-10(7-9)14(13)15)18-8-11-3-1-2-4-12(11)17(20)21/h9-15H,1-8H2,(H,18,19)(H,20,21). The van der Waals surface area contributed by atoms with Gasteiger partial charge in [-0.1, -0.05) is 12.8 Å². The van der Waals surface area contributed by atoms with Crippen LogP contribution in [0.1, 0.15) is 44.9 Å². The van der Waals surface area contributed by atoms with Gasteiger partial charge in [-0.05, 0) is 61.7 Å². The molecule has 116 valence electrons. The first-order chi connectivity index (χ1) is 10.2. The minimum Gasteiger partial charge on any atom is -0.481 e. The van der Waals surface area contributed by atoms with E-state index in [-0.39, 0.29) is 23.7 Å². The fourth-order valence-electron chi connectivity index (χ4n) is 5.80. The molecule has 4 nitrogen and oxygen atoms in total. The fraction of sp³-hybridized carbons (Fsp3) is 0.882. The molecular formula is C17H25NO3. The molecule has 0 saturated heterocycles. The van der Waals surface area contributed by atoms with Gasteiger partial charge in [0.25, 0.3) is 0 Å². The van der Waals surface area contributed by atoms with E-state index in [0.717, 1.165) is 37.5 Å². The zero-order chi connectivity index (χ0) is 14.6. The summed E-state index contributed by atoms with van der Waals surface area (Å²) in [7, 11) is 0. The molecule has 6 unspecified atom stereocenters. The number of nitrogens with one attached hydrogen (secondary N) is 1. The Morgan fingerprint density at radius 3 is 2.33 bits per heavy atom. The summed E-state index contributed by atoms with van der Waals surface area (Å²) in [6, 6.07) is 0. The summed E-state index contributed by atoms with van der Waals surface area (Å²) in [4.78, 5) is 23.7. The third-order valence-electron chi connectivity index (χ3n) is 6.80. The van der Waals surface area contributed by atoms with Crippen molar-refractivity contribution in [2.45, 2.75) is 44.9 Å². The number of hydrogen-bond acceptors (Lipinski definition) is 2. The first-order valence-corrected chi connectivity index (χ1v) is 8.67. The van der Waals surface area contributed by atoms with Crippen LogP contribution >= 0.6 is 0 Å². The predicted molar refractivity (Wildman–Crippen MR) is 77.4 cm³/mol. The highest BCUT2D eigenvalue weighted by Gasteiger charge is 2.67. The Kier molecular flexibility index (Phi) is 3.23. The van der Waals surface area contributed by atoms with Crippen molar-refractivity contribution in [3.05, 3.63) is 0 Å². The van der Waals surface area contributed by atoms with Gasteiger partial charge in [-0.2, -0.15) is 0 Å². The van der Waals surface area contributed by atoms with Crippen LogP contribution in [0.4, 0.5) is 0 Å². The molecule has 0 radical (unpaired) electrons. The summed E-state index contributed by atoms with van der Waals surface area (Å²) in [5, 5.41) is 12.4. The Labute approximate surface area is 125 Å². The van der Waals surface area contributed by atoms with E-state index in [4.69, 9.17) is 0 Å². The largest absolute Gasteiger partial charge is 0.481 e. The maximum absolute atomic E-state index is 12.4. The van der Waals surface area contributed by atoms with Gasteiger partial charge in [0, 0.05) is 12.5 Å². The second-order valence-electron chi connectivity index (χ2n) is 7.75. The van der Waals surface area contributed by atoms with Crippen LogP contribution in [-0.2, 0) is 9.59 Å². The van der Waals surface area contributed by atoms with Gasteiger partial charge in [0.15, 0.2) is 0 Å². The smallest absolute Gasteiger partial charge is 0.306 e. The van der Waals surface area contributed by atoms with Gasteiger partial charge in [0.1, 0.15) is 0 Å². The van der Waals surface area contributed by atoms with E-state index in [1.165, 1.54) is 19.3 Å². The molecule has 4 aliphatic carbocycles. The van der Waals surface area contributed by atoms with Gasteiger partial charge in [-0.3, -0.25) is 9.59 Å². The summed E-state index contributed by atoms with van der Waals surface area (Å²) in [5.41, 5.74) is 0. The molecule has 0 heterocycles. The fourth-order valence-corrected chi connectivity index (χ4v) is 5.80. The summed E-state index contributed by atoms with van der Waals surface area (Å²) < 4.78 is 0. The van der Waals surface area contributed by atoms with Crippen molar-refractivity contribution in [3.8, 4) is 0 Å². The topological polar surface area (TPSA) is 66.4 Å². The number of carboxylic acids is 1. The van der Waals surface area contributed by atoms with E-state index >= 15 is 0 Å². The molecule has 0 aliphatic heterocycles. The van der Waals surface area contributed by atoms with Gasteiger partial charge >= 0.3 is 5.97 Å². The first-order valence-electron chi connectivity index (χ1n) is 8.67. The second kappa shape index (κ2) is 4.99. The lowest BCUT2D eigenvalue weighted by Crippen LogP contribution is -2.38. The highest BCUT2D eigenvalue weighted by Crippen LogP contribution is 2.69. The number of carbonyl (C=O) groups excluding carboxylic acids is 1. The number of aliphatic carboxylic acids is 1. The molecule has 0 aromatic carbocycles. The Bertz CT molecular complexity index is 447. The minimum atomic E-state index is -0.685. The molecule has 21 heavy (non-hydrogen) atoms. The molecule has 0 spiro atoms. The van der Waals surface area contributed by atoms with E-state index in [1.807, 2.05) is 0 Å². The highest BCUT2D eigenvalue weighted by atomic mass is 16.4. The summed E-state index contributed by atoms with van der Waals surface area (Å²) in [6.07, 6.45) is 7.86. The molecule has 2 bridgehead atoms. The number of amides is 1. The van der Waals surface area contributed by atoms with Crippen LogP contribution in [0.25, 0.3) is 0 Å². The van der Waals surface area contributed by atoms with Gasteiger partial charge < -0.3 is 10.4 Å². The van der Waals surface area contributed by atoms with Crippen LogP contribution in [0.2, 0.25) is 0 Å². The third-order valence-corrected chi connectivity index (χ3v) is 6.80. The van der Waals surface area contributed by atoms with Crippen molar-refractivity contribution in [1.82, 2.24) is 5.32 Å². The highest BCUT2D eigenvalue weighted by molar-refractivity contribution is 5.82. The minimum absolute atomic E-state index is 0.135. The van der Waals surface area contributed by atoms with Crippen LogP contribution in [0.15, 0.2) is 0 Å². The summed E-state index contributed by atoms with van der Waals surface area (Å²) >= 11 is 0. The van der Waals surface area contributed by atoms with Crippen molar-refractivity contribution in [2.75, 3.05) is 6.54 Å². The number of carbonyl (C=O) groups is 2. The molecular weight excluding hydrogens is 266 g/mol. The number of rotatable bonds is 4. The Morgan fingerprint density at radius 2 is 1.67 bits per heavy atom. The SMILES string of the molecule is O=C(O)C1CCCCC1CNC(=O)C1C2C3CCC(C3)C12. The van der Waals surface area contributed by atoms with Gasteiger partial charge in [-0.25, -0.2) is 0 Å². The van der Waals surface area contributed by atoms with E-state index in [0.29, 0.717) is 18.4 Å². The zero-order valence-electron chi connectivity index (χ0n) is 12.5. The summed E-state index contributed by atoms with van der Waals surface area (Å²) in [5.74, 6) is 2.66. The number of fused-ring (bicyclic) bond motifs is 5. The first kappa shape index (κ1) is 13.6. The van der Waals surface area contributed by atoms with Crippen LogP contribution in [-0.4, -0.2) is 23.5 Å². The van der Waals surface area contributed by atoms with Crippen molar-refractivity contribution in [1.29, 1.82) is 0 Å². The van der Waals surface area contributed by atoms with Crippen LogP contribution in [0, 0.1) is 41.4 Å². The quantitative estimate of drug-likeness (QED) is 0.835. The van der Waals surface area contributed by atoms with E-state index in [9.17, 15) is 14.7 Å². The molecule has 4 saturated carbocycles. The average molecular weight is 291 g/mol. The lowest BCUT2D eigenvalue weighted by Gasteiger charge is -2.28. The molecule has 4 aliphatic rings. The van der Waals surface area contributed by atoms with Crippen LogP contribution in [0.3, 0.4) is 0 Å². The van der Waals surface area contributed by atoms with Crippen molar-refractivity contribution in [2.24, 2.45) is 41.4 Å². The van der Waals surface area contributed by atoms with Crippen LogP contribution < -0.4 is 5.32 Å². The molecule has 0 aromatic heterocycles. The molecule has 4 heteroatoms. The molecule has 4 rings (SSSR count). The monoisotopic (exact) mass is 291 g/mol. The molecule has 1 amide bonds. The number of hydrogen-bond donors (Lipinski definition) is 2. The Hall–Kier alpha value is -1.06. The maximum Gasteiger partial charge on any atom is 0.306 e. The predicted octanol–water partition coefficient (Wildman–Crippen LogP) is 2.29. The van der Waals surface area contributed by atoms with Crippen molar-refractivity contribution in [3.63, 3.8) is 0 Å². The normalized spacial score (nSPS) is 47.0. The molecule has 0 aromatic rings. The molecule has 6 atom stereocenters. The molecule has 4 fully saturated rings. The molecule has 2 N–H and O–H groups in total. The van der Waals surface area contributed by atoms with E-state index < -0.39 is 5.97 Å². The number of carboxylic acid groups (broad SMARTS) is 1.